The van der Waals surface area contributed by atoms with Crippen molar-refractivity contribution >= 4 is 0 Å². The van der Waals surface area contributed by atoms with E-state index in [1.165, 1.54) is 5.57 Å². The summed E-state index contributed by atoms with van der Waals surface area (Å²) in [6.07, 6.45) is 4.12. The molecule has 1 aliphatic rings. The highest BCUT2D eigenvalue weighted by Crippen LogP contribution is 2.43. The highest BCUT2D eigenvalue weighted by molar-refractivity contribution is 5.10. The van der Waals surface area contributed by atoms with Crippen LogP contribution in [0, 0.1) is 22.7 Å². The SMILES string of the molecule is C=C1CCC(C#N)(C(C)C)CC1. The molecule has 0 spiro atoms. The third kappa shape index (κ3) is 1.53. The second kappa shape index (κ2) is 3.31. The Morgan fingerprint density at radius 3 is 2.25 bits per heavy atom. The van der Waals surface area contributed by atoms with Gasteiger partial charge in [-0.3, -0.25) is 0 Å². The summed E-state index contributed by atoms with van der Waals surface area (Å²) in [5, 5.41) is 9.12. The summed E-state index contributed by atoms with van der Waals surface area (Å²) in [6, 6.07) is 2.50. The van der Waals surface area contributed by atoms with Crippen LogP contribution in [0.25, 0.3) is 0 Å². The van der Waals surface area contributed by atoms with Gasteiger partial charge in [-0.15, -0.1) is 0 Å². The maximum absolute atomic E-state index is 9.12. The molecule has 1 aliphatic carbocycles. The number of nitrogens with zero attached hydrogens (tertiary/aromatic N) is 1. The van der Waals surface area contributed by atoms with E-state index in [9.17, 15) is 0 Å². The van der Waals surface area contributed by atoms with Gasteiger partial charge in [0.25, 0.3) is 0 Å². The molecule has 0 aromatic carbocycles. The van der Waals surface area contributed by atoms with Gasteiger partial charge in [-0.2, -0.15) is 5.26 Å². The largest absolute Gasteiger partial charge is 0.198 e. The van der Waals surface area contributed by atoms with Gasteiger partial charge in [0.1, 0.15) is 0 Å². The average molecular weight is 163 g/mol. The first-order valence-electron chi connectivity index (χ1n) is 4.68. The van der Waals surface area contributed by atoms with Gasteiger partial charge in [0.15, 0.2) is 0 Å². The predicted octanol–water partition coefficient (Wildman–Crippen LogP) is 3.28. The van der Waals surface area contributed by atoms with Crippen LogP contribution in [0.5, 0.6) is 0 Å². The predicted molar refractivity (Wildman–Crippen MR) is 50.5 cm³/mol. The first kappa shape index (κ1) is 9.32. The zero-order chi connectivity index (χ0) is 9.19. The third-order valence-corrected chi connectivity index (χ3v) is 3.18. The number of rotatable bonds is 1. The number of allylic oxidation sites excluding steroid dienone is 1. The average Bonchev–Trinajstić information content (AvgIpc) is 2.06. The molecule has 12 heavy (non-hydrogen) atoms. The highest BCUT2D eigenvalue weighted by atomic mass is 14.4. The van der Waals surface area contributed by atoms with Crippen LogP contribution in [0.15, 0.2) is 12.2 Å². The number of hydrogen-bond donors (Lipinski definition) is 0. The van der Waals surface area contributed by atoms with Gasteiger partial charge in [0, 0.05) is 0 Å². The molecule has 1 nitrogen and oxygen atoms in total. The lowest BCUT2D eigenvalue weighted by atomic mass is 9.67. The zero-order valence-electron chi connectivity index (χ0n) is 8.06. The molecular weight excluding hydrogens is 146 g/mol. The molecule has 1 heteroatoms. The molecule has 0 amide bonds. The molecule has 1 fully saturated rings. The molecule has 66 valence electrons. The molecule has 0 N–H and O–H groups in total. The van der Waals surface area contributed by atoms with Crippen molar-refractivity contribution in [3.05, 3.63) is 12.2 Å². The maximum Gasteiger partial charge on any atom is 0.0692 e. The van der Waals surface area contributed by atoms with Crippen molar-refractivity contribution in [1.82, 2.24) is 0 Å². The summed E-state index contributed by atoms with van der Waals surface area (Å²) in [5.74, 6) is 0.482. The minimum Gasteiger partial charge on any atom is -0.198 e. The fraction of sp³-hybridized carbons (Fsp3) is 0.727. The van der Waals surface area contributed by atoms with Gasteiger partial charge >= 0.3 is 0 Å². The Kier molecular flexibility index (Phi) is 2.57. The van der Waals surface area contributed by atoms with Gasteiger partial charge in [-0.25, -0.2) is 0 Å². The van der Waals surface area contributed by atoms with Crippen LogP contribution in [0.4, 0.5) is 0 Å². The van der Waals surface area contributed by atoms with Crippen LogP contribution in [0.2, 0.25) is 0 Å². The molecule has 0 saturated heterocycles. The smallest absolute Gasteiger partial charge is 0.0692 e. The van der Waals surface area contributed by atoms with Crippen molar-refractivity contribution in [3.8, 4) is 6.07 Å². The van der Waals surface area contributed by atoms with E-state index in [0.717, 1.165) is 25.7 Å². The van der Waals surface area contributed by atoms with Crippen molar-refractivity contribution in [2.45, 2.75) is 39.5 Å². The number of hydrogen-bond acceptors (Lipinski definition) is 1. The Morgan fingerprint density at radius 2 is 1.92 bits per heavy atom. The monoisotopic (exact) mass is 163 g/mol. The van der Waals surface area contributed by atoms with Crippen LogP contribution in [-0.2, 0) is 0 Å². The summed E-state index contributed by atoms with van der Waals surface area (Å²) in [7, 11) is 0. The quantitative estimate of drug-likeness (QED) is 0.544. The topological polar surface area (TPSA) is 23.8 Å². The summed E-state index contributed by atoms with van der Waals surface area (Å²) < 4.78 is 0. The fourth-order valence-corrected chi connectivity index (χ4v) is 1.87. The summed E-state index contributed by atoms with van der Waals surface area (Å²) in [6.45, 7) is 8.26. The minimum absolute atomic E-state index is 0.0544. The van der Waals surface area contributed by atoms with Gasteiger partial charge < -0.3 is 0 Å². The van der Waals surface area contributed by atoms with E-state index in [-0.39, 0.29) is 5.41 Å². The second-order valence-corrected chi connectivity index (χ2v) is 4.17. The Morgan fingerprint density at radius 1 is 1.42 bits per heavy atom. The van der Waals surface area contributed by atoms with E-state index in [1.54, 1.807) is 0 Å². The third-order valence-electron chi connectivity index (χ3n) is 3.18. The molecule has 1 rings (SSSR count). The van der Waals surface area contributed by atoms with Crippen LogP contribution in [-0.4, -0.2) is 0 Å². The summed E-state index contributed by atoms with van der Waals surface area (Å²) >= 11 is 0. The zero-order valence-corrected chi connectivity index (χ0v) is 8.06. The normalized spacial score (nSPS) is 22.3. The first-order chi connectivity index (χ1) is 5.60. The molecule has 0 aliphatic heterocycles. The van der Waals surface area contributed by atoms with Crippen molar-refractivity contribution in [2.75, 3.05) is 0 Å². The van der Waals surface area contributed by atoms with Crippen molar-refractivity contribution in [3.63, 3.8) is 0 Å². The Hall–Kier alpha value is -0.770. The molecule has 0 bridgehead atoms. The van der Waals surface area contributed by atoms with Gasteiger partial charge in [0.2, 0.25) is 0 Å². The van der Waals surface area contributed by atoms with E-state index < -0.39 is 0 Å². The molecule has 0 atom stereocenters. The molecule has 0 aromatic rings. The Bertz CT molecular complexity index is 210. The lowest BCUT2D eigenvalue weighted by Crippen LogP contribution is -2.28. The van der Waals surface area contributed by atoms with Crippen LogP contribution < -0.4 is 0 Å². The van der Waals surface area contributed by atoms with E-state index in [4.69, 9.17) is 5.26 Å². The Balaban J connectivity index is 2.71. The van der Waals surface area contributed by atoms with E-state index >= 15 is 0 Å². The molecule has 0 radical (unpaired) electrons. The molecule has 0 aromatic heterocycles. The maximum atomic E-state index is 9.12. The second-order valence-electron chi connectivity index (χ2n) is 4.17. The van der Waals surface area contributed by atoms with Crippen LogP contribution in [0.3, 0.4) is 0 Å². The van der Waals surface area contributed by atoms with Gasteiger partial charge in [0.05, 0.1) is 11.5 Å². The van der Waals surface area contributed by atoms with Gasteiger partial charge in [-0.05, 0) is 31.6 Å². The summed E-state index contributed by atoms with van der Waals surface area (Å²) in [5.41, 5.74) is 1.27. The molecule has 0 heterocycles. The molecule has 0 unspecified atom stereocenters. The van der Waals surface area contributed by atoms with Crippen molar-refractivity contribution in [1.29, 1.82) is 5.26 Å². The van der Waals surface area contributed by atoms with Crippen LogP contribution in [0.1, 0.15) is 39.5 Å². The fourth-order valence-electron chi connectivity index (χ4n) is 1.87. The lowest BCUT2D eigenvalue weighted by Gasteiger charge is -2.35. The standard InChI is InChI=1S/C11H17N/c1-9(2)11(8-12)6-4-10(3)5-7-11/h9H,3-7H2,1-2H3. The first-order valence-corrected chi connectivity index (χ1v) is 4.68. The lowest BCUT2D eigenvalue weighted by molar-refractivity contribution is 0.215. The minimum atomic E-state index is -0.0544. The molecular formula is C11H17N. The highest BCUT2D eigenvalue weighted by Gasteiger charge is 2.35. The van der Waals surface area contributed by atoms with E-state index in [0.29, 0.717) is 5.92 Å². The van der Waals surface area contributed by atoms with Crippen LogP contribution >= 0.6 is 0 Å². The summed E-state index contributed by atoms with van der Waals surface area (Å²) in [4.78, 5) is 0. The molecule has 1 saturated carbocycles. The van der Waals surface area contributed by atoms with E-state index in [1.807, 2.05) is 0 Å². The number of nitriles is 1. The van der Waals surface area contributed by atoms with Gasteiger partial charge in [-0.1, -0.05) is 26.0 Å². The Labute approximate surface area is 75.1 Å². The van der Waals surface area contributed by atoms with Crippen molar-refractivity contribution < 1.29 is 0 Å². The van der Waals surface area contributed by atoms with E-state index in [2.05, 4.69) is 26.5 Å². The van der Waals surface area contributed by atoms with Crippen molar-refractivity contribution in [2.24, 2.45) is 11.3 Å².